The Morgan fingerprint density at radius 2 is 1.96 bits per heavy atom. The first kappa shape index (κ1) is 16.5. The van der Waals surface area contributed by atoms with Gasteiger partial charge in [0, 0.05) is 24.5 Å². The molecule has 0 bridgehead atoms. The van der Waals surface area contributed by atoms with Gasteiger partial charge in [0.25, 0.3) is 0 Å². The van der Waals surface area contributed by atoms with Crippen LogP contribution >= 0.6 is 0 Å². The fourth-order valence-corrected chi connectivity index (χ4v) is 3.20. The van der Waals surface area contributed by atoms with E-state index < -0.39 is 0 Å². The van der Waals surface area contributed by atoms with Crippen molar-refractivity contribution in [1.29, 1.82) is 0 Å². The maximum atomic E-state index is 13.6. The van der Waals surface area contributed by atoms with E-state index in [4.69, 9.17) is 0 Å². The normalized spacial score (nSPS) is 17.6. The summed E-state index contributed by atoms with van der Waals surface area (Å²) in [5.41, 5.74) is 2.34. The van der Waals surface area contributed by atoms with Crippen LogP contribution in [0.1, 0.15) is 25.3 Å². The Morgan fingerprint density at radius 1 is 1.21 bits per heavy atom. The summed E-state index contributed by atoms with van der Waals surface area (Å²) in [7, 11) is 0. The lowest BCUT2D eigenvalue weighted by molar-refractivity contribution is -0.115. The number of anilines is 2. The van der Waals surface area contributed by atoms with Crippen LogP contribution < -0.4 is 10.2 Å². The van der Waals surface area contributed by atoms with E-state index in [2.05, 4.69) is 17.1 Å². The fourth-order valence-electron chi connectivity index (χ4n) is 3.20. The number of nitrogens with one attached hydrogen (secondary N) is 1. The summed E-state index contributed by atoms with van der Waals surface area (Å²) in [5.74, 6) is 0.167. The highest BCUT2D eigenvalue weighted by molar-refractivity contribution is 5.92. The number of piperidine rings is 1. The molecule has 1 atom stereocenters. The lowest BCUT2D eigenvalue weighted by atomic mass is 10.00. The van der Waals surface area contributed by atoms with Crippen molar-refractivity contribution in [2.75, 3.05) is 23.3 Å². The van der Waals surface area contributed by atoms with E-state index in [0.717, 1.165) is 24.7 Å². The molecule has 1 N–H and O–H groups in total. The van der Waals surface area contributed by atoms with Crippen molar-refractivity contribution in [3.05, 3.63) is 59.9 Å². The van der Waals surface area contributed by atoms with Crippen molar-refractivity contribution in [1.82, 2.24) is 0 Å². The number of halogens is 1. The molecule has 0 radical (unpaired) electrons. The first-order valence-electron chi connectivity index (χ1n) is 8.50. The second kappa shape index (κ2) is 7.47. The van der Waals surface area contributed by atoms with Gasteiger partial charge in [-0.3, -0.25) is 4.79 Å². The minimum atomic E-state index is -0.345. The number of benzene rings is 2. The number of carbonyl (C=O) groups is 1. The van der Waals surface area contributed by atoms with Crippen molar-refractivity contribution < 1.29 is 9.18 Å². The average Bonchev–Trinajstić information content (AvgIpc) is 2.58. The van der Waals surface area contributed by atoms with E-state index in [1.807, 2.05) is 24.3 Å². The molecule has 126 valence electrons. The molecule has 0 spiro atoms. The zero-order valence-corrected chi connectivity index (χ0v) is 14.0. The molecule has 1 aliphatic heterocycles. The van der Waals surface area contributed by atoms with Crippen LogP contribution in [-0.4, -0.2) is 19.0 Å². The Labute approximate surface area is 142 Å². The molecule has 0 aliphatic carbocycles. The van der Waals surface area contributed by atoms with Crippen molar-refractivity contribution >= 4 is 17.3 Å². The van der Waals surface area contributed by atoms with Gasteiger partial charge in [-0.1, -0.05) is 25.1 Å². The van der Waals surface area contributed by atoms with Gasteiger partial charge in [0.05, 0.1) is 6.42 Å². The molecule has 1 saturated heterocycles. The van der Waals surface area contributed by atoms with E-state index in [9.17, 15) is 9.18 Å². The van der Waals surface area contributed by atoms with Crippen molar-refractivity contribution in [2.24, 2.45) is 5.92 Å². The lowest BCUT2D eigenvalue weighted by Crippen LogP contribution is -2.34. The number of hydrogen-bond acceptors (Lipinski definition) is 2. The van der Waals surface area contributed by atoms with Gasteiger partial charge < -0.3 is 10.2 Å². The van der Waals surface area contributed by atoms with Crippen LogP contribution in [0.3, 0.4) is 0 Å². The predicted molar refractivity (Wildman–Crippen MR) is 95.8 cm³/mol. The highest BCUT2D eigenvalue weighted by Gasteiger charge is 2.16. The third kappa shape index (κ3) is 4.13. The van der Waals surface area contributed by atoms with Gasteiger partial charge in [-0.15, -0.1) is 0 Å². The number of hydrogen-bond donors (Lipinski definition) is 1. The minimum Gasteiger partial charge on any atom is -0.371 e. The first-order valence-corrected chi connectivity index (χ1v) is 8.50. The second-order valence-corrected chi connectivity index (χ2v) is 6.56. The monoisotopic (exact) mass is 326 g/mol. The molecular formula is C20H23FN2O. The predicted octanol–water partition coefficient (Wildman–Crippen LogP) is 4.24. The average molecular weight is 326 g/mol. The van der Waals surface area contributed by atoms with Crippen LogP contribution in [0.25, 0.3) is 0 Å². The summed E-state index contributed by atoms with van der Waals surface area (Å²) in [5, 5.41) is 2.83. The number of rotatable bonds is 4. The second-order valence-electron chi connectivity index (χ2n) is 6.56. The number of nitrogens with zero attached hydrogens (tertiary/aromatic N) is 1. The van der Waals surface area contributed by atoms with E-state index in [1.165, 1.54) is 24.6 Å². The Hall–Kier alpha value is -2.36. The standard InChI is InChI=1S/C20H23FN2O/c1-15-5-4-12-23(14-15)18-10-8-17(9-11-18)22-20(24)13-16-6-2-3-7-19(16)21/h2-3,6-11,15H,4-5,12-14H2,1H3,(H,22,24). The van der Waals surface area contributed by atoms with Crippen LogP contribution in [0, 0.1) is 11.7 Å². The number of carbonyl (C=O) groups excluding carboxylic acids is 1. The van der Waals surface area contributed by atoms with Crippen LogP contribution in [0.15, 0.2) is 48.5 Å². The zero-order valence-electron chi connectivity index (χ0n) is 14.0. The van der Waals surface area contributed by atoms with E-state index in [0.29, 0.717) is 5.56 Å². The van der Waals surface area contributed by atoms with Crippen LogP contribution in [0.4, 0.5) is 15.8 Å². The molecule has 1 aliphatic rings. The minimum absolute atomic E-state index is 0.0397. The van der Waals surface area contributed by atoms with E-state index in [-0.39, 0.29) is 18.1 Å². The SMILES string of the molecule is CC1CCCN(c2ccc(NC(=O)Cc3ccccc3F)cc2)C1. The molecule has 4 heteroatoms. The topological polar surface area (TPSA) is 32.3 Å². The lowest BCUT2D eigenvalue weighted by Gasteiger charge is -2.32. The van der Waals surface area contributed by atoms with Crippen LogP contribution in [-0.2, 0) is 11.2 Å². The van der Waals surface area contributed by atoms with Crippen molar-refractivity contribution in [3.8, 4) is 0 Å². The summed E-state index contributed by atoms with van der Waals surface area (Å²) in [6.45, 7) is 4.45. The maximum Gasteiger partial charge on any atom is 0.228 e. The molecule has 24 heavy (non-hydrogen) atoms. The van der Waals surface area contributed by atoms with Gasteiger partial charge >= 0.3 is 0 Å². The molecular weight excluding hydrogens is 303 g/mol. The molecule has 2 aromatic carbocycles. The molecule has 3 rings (SSSR count). The smallest absolute Gasteiger partial charge is 0.228 e. The van der Waals surface area contributed by atoms with Gasteiger partial charge in [-0.05, 0) is 54.7 Å². The summed E-state index contributed by atoms with van der Waals surface area (Å²) in [4.78, 5) is 14.5. The molecule has 3 nitrogen and oxygen atoms in total. The summed E-state index contributed by atoms with van der Waals surface area (Å²) >= 11 is 0. The summed E-state index contributed by atoms with van der Waals surface area (Å²) in [6.07, 6.45) is 2.56. The summed E-state index contributed by atoms with van der Waals surface area (Å²) in [6, 6.07) is 14.3. The Kier molecular flexibility index (Phi) is 5.14. The third-order valence-corrected chi connectivity index (χ3v) is 4.48. The molecule has 1 amide bonds. The van der Waals surface area contributed by atoms with E-state index >= 15 is 0 Å². The molecule has 2 aromatic rings. The molecule has 1 heterocycles. The van der Waals surface area contributed by atoms with Gasteiger partial charge in [0.1, 0.15) is 5.82 Å². The maximum absolute atomic E-state index is 13.6. The highest BCUT2D eigenvalue weighted by atomic mass is 19.1. The molecule has 1 unspecified atom stereocenters. The van der Waals surface area contributed by atoms with Gasteiger partial charge in [-0.25, -0.2) is 4.39 Å². The number of amides is 1. The molecule has 0 saturated carbocycles. The van der Waals surface area contributed by atoms with Gasteiger partial charge in [0.2, 0.25) is 5.91 Å². The first-order chi connectivity index (χ1) is 11.6. The van der Waals surface area contributed by atoms with Crippen molar-refractivity contribution in [3.63, 3.8) is 0 Å². The zero-order chi connectivity index (χ0) is 16.9. The summed E-state index contributed by atoms with van der Waals surface area (Å²) < 4.78 is 13.6. The van der Waals surface area contributed by atoms with Crippen LogP contribution in [0.5, 0.6) is 0 Å². The molecule has 1 fully saturated rings. The van der Waals surface area contributed by atoms with E-state index in [1.54, 1.807) is 18.2 Å². The molecule has 0 aromatic heterocycles. The Balaban J connectivity index is 1.59. The quantitative estimate of drug-likeness (QED) is 0.911. The van der Waals surface area contributed by atoms with Crippen molar-refractivity contribution in [2.45, 2.75) is 26.2 Å². The van der Waals surface area contributed by atoms with Gasteiger partial charge in [-0.2, -0.15) is 0 Å². The van der Waals surface area contributed by atoms with Crippen LogP contribution in [0.2, 0.25) is 0 Å². The third-order valence-electron chi connectivity index (χ3n) is 4.48. The fraction of sp³-hybridized carbons (Fsp3) is 0.350. The van der Waals surface area contributed by atoms with Gasteiger partial charge in [0.15, 0.2) is 0 Å². The largest absolute Gasteiger partial charge is 0.371 e. The Morgan fingerprint density at radius 3 is 2.67 bits per heavy atom. The highest BCUT2D eigenvalue weighted by Crippen LogP contribution is 2.24. The Bertz CT molecular complexity index is 699.